The number of alkyl carbamates (subject to hydrolysis) is 1. The lowest BCUT2D eigenvalue weighted by molar-refractivity contribution is -0.145. The molecule has 0 radical (unpaired) electrons. The Bertz CT molecular complexity index is 690. The van der Waals surface area contributed by atoms with Crippen molar-refractivity contribution in [3.8, 4) is 0 Å². The minimum Gasteiger partial charge on any atom is -0.467 e. The predicted octanol–water partition coefficient (Wildman–Crippen LogP) is 2.35. The first-order valence-corrected chi connectivity index (χ1v) is 9.57. The van der Waals surface area contributed by atoms with Crippen LogP contribution in [0.4, 0.5) is 4.79 Å². The van der Waals surface area contributed by atoms with Crippen molar-refractivity contribution in [2.45, 2.75) is 58.7 Å². The molecule has 0 aliphatic carbocycles. The highest BCUT2D eigenvalue weighted by atomic mass is 16.5. The Labute approximate surface area is 171 Å². The largest absolute Gasteiger partial charge is 0.467 e. The molecule has 0 saturated carbocycles. The standard InChI is InChI=1S/C21H30N2O6/c1-14(2)12-18(23-21(27)29-13-16-8-6-5-7-9-16)19(25)22-17(20(26)28-4)11-10-15(3)24/h5-9,14,17-18H,10-13H2,1-4H3,(H,22,25)(H,23,27)/t17-,18+/m1/s1. The van der Waals surface area contributed by atoms with Crippen LogP contribution in [-0.2, 0) is 30.5 Å². The van der Waals surface area contributed by atoms with Crippen molar-refractivity contribution in [1.82, 2.24) is 10.6 Å². The molecule has 2 N–H and O–H groups in total. The number of rotatable bonds is 11. The highest BCUT2D eigenvalue weighted by Gasteiger charge is 2.28. The molecule has 1 rings (SSSR count). The van der Waals surface area contributed by atoms with Crippen molar-refractivity contribution in [2.24, 2.45) is 5.92 Å². The van der Waals surface area contributed by atoms with Gasteiger partial charge in [0.1, 0.15) is 24.5 Å². The smallest absolute Gasteiger partial charge is 0.408 e. The normalized spacial score (nSPS) is 12.6. The van der Waals surface area contributed by atoms with Crippen LogP contribution >= 0.6 is 0 Å². The molecule has 2 atom stereocenters. The molecule has 0 spiro atoms. The highest BCUT2D eigenvalue weighted by Crippen LogP contribution is 2.08. The lowest BCUT2D eigenvalue weighted by Gasteiger charge is -2.23. The lowest BCUT2D eigenvalue weighted by Crippen LogP contribution is -2.52. The van der Waals surface area contributed by atoms with Crippen LogP contribution in [0.2, 0.25) is 0 Å². The number of ketones is 1. The molecule has 0 aliphatic heterocycles. The van der Waals surface area contributed by atoms with Crippen molar-refractivity contribution in [3.05, 3.63) is 35.9 Å². The lowest BCUT2D eigenvalue weighted by atomic mass is 10.0. The van der Waals surface area contributed by atoms with E-state index in [2.05, 4.69) is 10.6 Å². The van der Waals surface area contributed by atoms with Crippen LogP contribution in [0.5, 0.6) is 0 Å². The number of hydrogen-bond donors (Lipinski definition) is 2. The predicted molar refractivity (Wildman–Crippen MR) is 107 cm³/mol. The van der Waals surface area contributed by atoms with Crippen LogP contribution in [0.25, 0.3) is 0 Å². The molecule has 8 heteroatoms. The summed E-state index contributed by atoms with van der Waals surface area (Å²) in [5.41, 5.74) is 0.822. The maximum absolute atomic E-state index is 12.7. The minimum absolute atomic E-state index is 0.0755. The van der Waals surface area contributed by atoms with Crippen LogP contribution in [0.1, 0.15) is 45.6 Å². The minimum atomic E-state index is -0.965. The van der Waals surface area contributed by atoms with E-state index in [1.54, 1.807) is 0 Å². The van der Waals surface area contributed by atoms with Gasteiger partial charge in [0.15, 0.2) is 0 Å². The monoisotopic (exact) mass is 406 g/mol. The van der Waals surface area contributed by atoms with E-state index >= 15 is 0 Å². The zero-order chi connectivity index (χ0) is 21.8. The maximum atomic E-state index is 12.7. The second-order valence-electron chi connectivity index (χ2n) is 7.21. The quantitative estimate of drug-likeness (QED) is 0.546. The topological polar surface area (TPSA) is 111 Å². The Morgan fingerprint density at radius 3 is 2.21 bits per heavy atom. The number of methoxy groups -OCH3 is 1. The number of esters is 1. The number of amides is 2. The summed E-state index contributed by atoms with van der Waals surface area (Å²) in [5.74, 6) is -1.17. The molecule has 0 fully saturated rings. The molecule has 0 aliphatic rings. The van der Waals surface area contributed by atoms with Crippen LogP contribution in [0, 0.1) is 5.92 Å². The Hall–Kier alpha value is -2.90. The van der Waals surface area contributed by atoms with Gasteiger partial charge in [0.25, 0.3) is 0 Å². The van der Waals surface area contributed by atoms with Gasteiger partial charge in [0.2, 0.25) is 5.91 Å². The van der Waals surface area contributed by atoms with Gasteiger partial charge in [-0.1, -0.05) is 44.2 Å². The van der Waals surface area contributed by atoms with Gasteiger partial charge in [-0.05, 0) is 31.2 Å². The zero-order valence-electron chi connectivity index (χ0n) is 17.4. The van der Waals surface area contributed by atoms with Crippen molar-refractivity contribution < 1.29 is 28.7 Å². The highest BCUT2D eigenvalue weighted by molar-refractivity contribution is 5.90. The number of benzene rings is 1. The molecule has 1 aromatic rings. The van der Waals surface area contributed by atoms with Crippen LogP contribution in [-0.4, -0.2) is 42.9 Å². The molecule has 8 nitrogen and oxygen atoms in total. The van der Waals surface area contributed by atoms with Gasteiger partial charge in [-0.25, -0.2) is 9.59 Å². The van der Waals surface area contributed by atoms with Crippen LogP contribution in [0.3, 0.4) is 0 Å². The Morgan fingerprint density at radius 2 is 1.66 bits per heavy atom. The summed E-state index contributed by atoms with van der Waals surface area (Å²) < 4.78 is 9.87. The molecule has 1 aromatic carbocycles. The first kappa shape index (κ1) is 24.1. The molecule has 0 unspecified atom stereocenters. The fraction of sp³-hybridized carbons (Fsp3) is 0.524. The molecule has 0 aromatic heterocycles. The Morgan fingerprint density at radius 1 is 1.00 bits per heavy atom. The second-order valence-corrected chi connectivity index (χ2v) is 7.21. The van der Waals surface area contributed by atoms with E-state index in [9.17, 15) is 19.2 Å². The molecular weight excluding hydrogens is 376 g/mol. The molecule has 0 bridgehead atoms. The maximum Gasteiger partial charge on any atom is 0.408 e. The number of carbonyl (C=O) groups excluding carboxylic acids is 4. The van der Waals surface area contributed by atoms with E-state index in [1.807, 2.05) is 44.2 Å². The van der Waals surface area contributed by atoms with Gasteiger partial charge in [-0.2, -0.15) is 0 Å². The summed E-state index contributed by atoms with van der Waals surface area (Å²) in [4.78, 5) is 48.0. The first-order chi connectivity index (χ1) is 13.7. The average molecular weight is 406 g/mol. The van der Waals surface area contributed by atoms with Crippen LogP contribution in [0.15, 0.2) is 30.3 Å². The van der Waals surface area contributed by atoms with Crippen molar-refractivity contribution in [3.63, 3.8) is 0 Å². The summed E-state index contributed by atoms with van der Waals surface area (Å²) >= 11 is 0. The van der Waals surface area contributed by atoms with Crippen molar-refractivity contribution in [2.75, 3.05) is 7.11 Å². The molecule has 0 saturated heterocycles. The van der Waals surface area contributed by atoms with E-state index in [-0.39, 0.29) is 31.1 Å². The van der Waals surface area contributed by atoms with Crippen molar-refractivity contribution in [1.29, 1.82) is 0 Å². The van der Waals surface area contributed by atoms with Gasteiger partial charge in [-0.3, -0.25) is 4.79 Å². The molecule has 0 heterocycles. The van der Waals surface area contributed by atoms with E-state index in [0.717, 1.165) is 5.56 Å². The Balaban J connectivity index is 2.72. The van der Waals surface area contributed by atoms with Gasteiger partial charge in [0.05, 0.1) is 7.11 Å². The number of hydrogen-bond acceptors (Lipinski definition) is 6. The van der Waals surface area contributed by atoms with E-state index < -0.39 is 30.1 Å². The molecular formula is C21H30N2O6. The molecule has 2 amide bonds. The fourth-order valence-corrected chi connectivity index (χ4v) is 2.62. The summed E-state index contributed by atoms with van der Waals surface area (Å²) in [5, 5.41) is 5.13. The summed E-state index contributed by atoms with van der Waals surface area (Å²) in [6, 6.07) is 7.31. The van der Waals surface area contributed by atoms with Gasteiger partial charge in [-0.15, -0.1) is 0 Å². The molecule has 160 valence electrons. The summed E-state index contributed by atoms with van der Waals surface area (Å²) in [6.07, 6.45) is -0.123. The van der Waals surface area contributed by atoms with E-state index in [1.165, 1.54) is 14.0 Å². The van der Waals surface area contributed by atoms with Gasteiger partial charge >= 0.3 is 12.1 Å². The average Bonchev–Trinajstić information content (AvgIpc) is 2.68. The van der Waals surface area contributed by atoms with Crippen molar-refractivity contribution >= 4 is 23.8 Å². The first-order valence-electron chi connectivity index (χ1n) is 9.57. The van der Waals surface area contributed by atoms with E-state index in [0.29, 0.717) is 6.42 Å². The number of Topliss-reactive ketones (excluding diaryl/α,β-unsaturated/α-hetero) is 1. The molecule has 29 heavy (non-hydrogen) atoms. The number of nitrogens with one attached hydrogen (secondary N) is 2. The summed E-state index contributed by atoms with van der Waals surface area (Å²) in [6.45, 7) is 5.30. The third kappa shape index (κ3) is 9.73. The summed E-state index contributed by atoms with van der Waals surface area (Å²) in [7, 11) is 1.21. The Kier molecular flexibility index (Phi) is 10.4. The van der Waals surface area contributed by atoms with Gasteiger partial charge < -0.3 is 24.9 Å². The third-order valence-electron chi connectivity index (χ3n) is 4.12. The third-order valence-corrected chi connectivity index (χ3v) is 4.12. The number of carbonyl (C=O) groups is 4. The number of ether oxygens (including phenoxy) is 2. The SMILES string of the molecule is COC(=O)[C@@H](CCC(C)=O)NC(=O)[C@H](CC(C)C)NC(=O)OCc1ccccc1. The second kappa shape index (κ2) is 12.5. The van der Waals surface area contributed by atoms with Gasteiger partial charge in [0, 0.05) is 6.42 Å². The zero-order valence-corrected chi connectivity index (χ0v) is 17.4. The van der Waals surface area contributed by atoms with E-state index in [4.69, 9.17) is 9.47 Å². The fourth-order valence-electron chi connectivity index (χ4n) is 2.62. The van der Waals surface area contributed by atoms with Crippen LogP contribution < -0.4 is 10.6 Å².